The summed E-state index contributed by atoms with van der Waals surface area (Å²) in [7, 11) is 0. The Morgan fingerprint density at radius 3 is 1.49 bits per heavy atom. The molecule has 0 fully saturated rings. The summed E-state index contributed by atoms with van der Waals surface area (Å²) >= 11 is 0. The van der Waals surface area contributed by atoms with Crippen LogP contribution in [0.5, 0.6) is 0 Å². The van der Waals surface area contributed by atoms with E-state index in [0.29, 0.717) is 0 Å². The lowest BCUT2D eigenvalue weighted by atomic mass is 9.55. The monoisotopic (exact) mass is 727 g/mol. The standard InChI is InChI=1S/C56H41N/c1-55(2)48-25-12-14-27-50(48)56(51-28-15-13-26-49(51)55)47-24-11-10-23-46(47)54-52(56)29-16-30-53(54)57(43-36-31-38-17-6-7-20-41(38)37-43)42-34-32-40(33-35-42)45-22-9-8-21-44(45)39-18-4-3-5-19-39/h3-37H,1-2H3. The molecule has 0 bridgehead atoms. The average Bonchev–Trinajstić information content (AvgIpc) is 3.58. The number of benzene rings is 9. The Labute approximate surface area is 335 Å². The van der Waals surface area contributed by atoms with Crippen LogP contribution in [-0.4, -0.2) is 0 Å². The Morgan fingerprint density at radius 2 is 0.825 bits per heavy atom. The lowest BCUT2D eigenvalue weighted by Crippen LogP contribution is -2.40. The van der Waals surface area contributed by atoms with Crippen LogP contribution < -0.4 is 4.90 Å². The predicted molar refractivity (Wildman–Crippen MR) is 239 cm³/mol. The minimum absolute atomic E-state index is 0.147. The molecule has 1 nitrogen and oxygen atoms in total. The van der Waals surface area contributed by atoms with Crippen molar-refractivity contribution in [1.82, 2.24) is 0 Å². The van der Waals surface area contributed by atoms with Gasteiger partial charge in [0.05, 0.1) is 11.1 Å². The van der Waals surface area contributed by atoms with Gasteiger partial charge in [0.1, 0.15) is 0 Å². The number of nitrogens with zero attached hydrogens (tertiary/aromatic N) is 1. The Kier molecular flexibility index (Phi) is 7.50. The molecule has 270 valence electrons. The van der Waals surface area contributed by atoms with Gasteiger partial charge in [-0.3, -0.25) is 0 Å². The maximum atomic E-state index is 2.48. The molecule has 0 unspecified atom stereocenters. The smallest absolute Gasteiger partial charge is 0.0720 e. The minimum atomic E-state index is -0.468. The molecule has 1 heteroatoms. The number of hydrogen-bond donors (Lipinski definition) is 0. The molecule has 9 aromatic rings. The van der Waals surface area contributed by atoms with E-state index in [1.807, 2.05) is 0 Å². The number of hydrogen-bond acceptors (Lipinski definition) is 1. The van der Waals surface area contributed by atoms with Gasteiger partial charge in [-0.05, 0) is 102 Å². The van der Waals surface area contributed by atoms with Gasteiger partial charge in [-0.1, -0.05) is 196 Å². The Morgan fingerprint density at radius 1 is 0.333 bits per heavy atom. The van der Waals surface area contributed by atoms with Gasteiger partial charge in [0.25, 0.3) is 0 Å². The van der Waals surface area contributed by atoms with Crippen LogP contribution in [0.1, 0.15) is 47.2 Å². The highest BCUT2D eigenvalue weighted by Crippen LogP contribution is 2.64. The molecule has 0 radical (unpaired) electrons. The van der Waals surface area contributed by atoms with Crippen LogP contribution in [0.3, 0.4) is 0 Å². The van der Waals surface area contributed by atoms with Crippen molar-refractivity contribution in [3.8, 4) is 33.4 Å². The molecule has 0 N–H and O–H groups in total. The fraction of sp³-hybridized carbons (Fsp3) is 0.0714. The second-order valence-corrected chi connectivity index (χ2v) is 16.0. The molecule has 0 aromatic heterocycles. The first-order valence-corrected chi connectivity index (χ1v) is 20.0. The predicted octanol–water partition coefficient (Wildman–Crippen LogP) is 14.6. The summed E-state index contributed by atoms with van der Waals surface area (Å²) < 4.78 is 0. The van der Waals surface area contributed by atoms with Gasteiger partial charge in [0.2, 0.25) is 0 Å². The van der Waals surface area contributed by atoms with Crippen LogP contribution in [0.25, 0.3) is 44.2 Å². The quantitative estimate of drug-likeness (QED) is 0.171. The van der Waals surface area contributed by atoms with Gasteiger partial charge in [-0.15, -0.1) is 0 Å². The highest BCUT2D eigenvalue weighted by atomic mass is 15.1. The maximum Gasteiger partial charge on any atom is 0.0720 e. The first-order chi connectivity index (χ1) is 28.0. The normalized spacial score (nSPS) is 14.1. The topological polar surface area (TPSA) is 3.24 Å². The molecule has 0 aliphatic heterocycles. The number of anilines is 3. The van der Waals surface area contributed by atoms with E-state index < -0.39 is 5.41 Å². The van der Waals surface area contributed by atoms with Crippen LogP contribution in [0.2, 0.25) is 0 Å². The molecular formula is C56H41N. The Balaban J connectivity index is 1.17. The fourth-order valence-electron chi connectivity index (χ4n) is 10.2. The van der Waals surface area contributed by atoms with E-state index in [-0.39, 0.29) is 5.41 Å². The molecular weight excluding hydrogens is 687 g/mol. The van der Waals surface area contributed by atoms with Crippen molar-refractivity contribution < 1.29 is 0 Å². The molecule has 9 aromatic carbocycles. The van der Waals surface area contributed by atoms with Gasteiger partial charge in [-0.2, -0.15) is 0 Å². The Hall–Kier alpha value is -6.96. The van der Waals surface area contributed by atoms with Crippen molar-refractivity contribution >= 4 is 27.8 Å². The second-order valence-electron chi connectivity index (χ2n) is 16.0. The zero-order valence-electron chi connectivity index (χ0n) is 32.2. The van der Waals surface area contributed by atoms with Gasteiger partial charge < -0.3 is 4.90 Å². The third kappa shape index (κ3) is 4.89. The fourth-order valence-corrected chi connectivity index (χ4v) is 10.2. The summed E-state index contributed by atoms with van der Waals surface area (Å²) in [6.45, 7) is 4.78. The van der Waals surface area contributed by atoms with Crippen LogP contribution in [0, 0.1) is 0 Å². The molecule has 57 heavy (non-hydrogen) atoms. The average molecular weight is 728 g/mol. The highest BCUT2D eigenvalue weighted by Gasteiger charge is 2.53. The van der Waals surface area contributed by atoms with Crippen molar-refractivity contribution in [2.45, 2.75) is 24.7 Å². The molecule has 2 aliphatic carbocycles. The van der Waals surface area contributed by atoms with E-state index in [9.17, 15) is 0 Å². The summed E-state index contributed by atoms with van der Waals surface area (Å²) in [5, 5.41) is 2.45. The summed E-state index contributed by atoms with van der Waals surface area (Å²) in [6.07, 6.45) is 0. The third-order valence-corrected chi connectivity index (χ3v) is 12.7. The summed E-state index contributed by atoms with van der Waals surface area (Å²) in [5.74, 6) is 0. The molecule has 2 aliphatic rings. The van der Waals surface area contributed by atoms with E-state index in [1.165, 1.54) is 83.2 Å². The van der Waals surface area contributed by atoms with Crippen molar-refractivity contribution in [1.29, 1.82) is 0 Å². The summed E-state index contributed by atoms with van der Waals surface area (Å²) in [4.78, 5) is 2.48. The van der Waals surface area contributed by atoms with E-state index >= 15 is 0 Å². The van der Waals surface area contributed by atoms with Gasteiger partial charge in [-0.25, -0.2) is 0 Å². The summed E-state index contributed by atoms with van der Waals surface area (Å²) in [6, 6.07) is 78.7. The number of rotatable bonds is 5. The van der Waals surface area contributed by atoms with Crippen LogP contribution >= 0.6 is 0 Å². The molecule has 0 saturated carbocycles. The molecule has 1 spiro atoms. The highest BCUT2D eigenvalue weighted by molar-refractivity contribution is 5.99. The number of fused-ring (bicyclic) bond motifs is 10. The lowest BCUT2D eigenvalue weighted by Gasteiger charge is -2.46. The van der Waals surface area contributed by atoms with Crippen molar-refractivity contribution in [2.24, 2.45) is 0 Å². The van der Waals surface area contributed by atoms with Crippen LogP contribution in [0.4, 0.5) is 17.1 Å². The van der Waals surface area contributed by atoms with E-state index in [2.05, 4.69) is 231 Å². The maximum absolute atomic E-state index is 2.48. The van der Waals surface area contributed by atoms with Crippen molar-refractivity contribution in [2.75, 3.05) is 4.90 Å². The first kappa shape index (κ1) is 33.4. The van der Waals surface area contributed by atoms with E-state index in [0.717, 1.165) is 11.4 Å². The largest absolute Gasteiger partial charge is 0.310 e. The van der Waals surface area contributed by atoms with E-state index in [4.69, 9.17) is 0 Å². The van der Waals surface area contributed by atoms with Crippen molar-refractivity contribution in [3.63, 3.8) is 0 Å². The van der Waals surface area contributed by atoms with Gasteiger partial charge in [0.15, 0.2) is 0 Å². The third-order valence-electron chi connectivity index (χ3n) is 12.7. The zero-order chi connectivity index (χ0) is 38.1. The van der Waals surface area contributed by atoms with Gasteiger partial charge >= 0.3 is 0 Å². The minimum Gasteiger partial charge on any atom is -0.310 e. The molecule has 0 heterocycles. The second kappa shape index (κ2) is 12.8. The molecule has 11 rings (SSSR count). The lowest BCUT2D eigenvalue weighted by molar-refractivity contribution is 0.563. The Bertz CT molecular complexity index is 2940. The molecule has 0 amide bonds. The molecule has 0 saturated heterocycles. The van der Waals surface area contributed by atoms with Crippen molar-refractivity contribution in [3.05, 3.63) is 246 Å². The van der Waals surface area contributed by atoms with Gasteiger partial charge in [0, 0.05) is 22.4 Å². The zero-order valence-corrected chi connectivity index (χ0v) is 32.2. The van der Waals surface area contributed by atoms with Crippen LogP contribution in [-0.2, 0) is 10.8 Å². The molecule has 0 atom stereocenters. The first-order valence-electron chi connectivity index (χ1n) is 20.0. The summed E-state index contributed by atoms with van der Waals surface area (Å²) in [5.41, 5.74) is 18.4. The van der Waals surface area contributed by atoms with Crippen LogP contribution in [0.15, 0.2) is 212 Å². The van der Waals surface area contributed by atoms with E-state index in [1.54, 1.807) is 0 Å². The SMILES string of the molecule is CC1(C)c2ccccc2C2(c3ccccc3-c3c(N(c4ccc(-c5ccccc5-c5ccccc5)cc4)c4ccc5ccccc5c4)cccc32)c2ccccc21.